The quantitative estimate of drug-likeness (QED) is 0.628. The van der Waals surface area contributed by atoms with E-state index in [0.717, 1.165) is 0 Å². The molecule has 0 aliphatic heterocycles. The number of carbonyl (C=O) groups excluding carboxylic acids is 1. The minimum atomic E-state index is -0.411. The lowest BCUT2D eigenvalue weighted by Crippen LogP contribution is -2.03. The van der Waals surface area contributed by atoms with Crippen LogP contribution < -0.4 is 4.74 Å². The van der Waals surface area contributed by atoms with Crippen LogP contribution in [0, 0.1) is 11.3 Å². The molecule has 78 valence electrons. The molecular weight excluding hydrogens is 218 g/mol. The van der Waals surface area contributed by atoms with Gasteiger partial charge in [0.1, 0.15) is 6.07 Å². The zero-order chi connectivity index (χ0) is 11.4. The van der Waals surface area contributed by atoms with Gasteiger partial charge in [0.25, 0.3) is 0 Å². The summed E-state index contributed by atoms with van der Waals surface area (Å²) in [6.45, 7) is 0. The second-order valence-electron chi connectivity index (χ2n) is 2.74. The highest BCUT2D eigenvalue weighted by Gasteiger charge is 2.14. The normalized spacial score (nSPS) is 9.40. The number of phenolic OH excluding ortho intramolecular Hbond substituents is 1. The van der Waals surface area contributed by atoms with Crippen LogP contribution in [0.4, 0.5) is 0 Å². The smallest absolute Gasteiger partial charge is 0.179 e. The molecule has 0 saturated heterocycles. The van der Waals surface area contributed by atoms with Crippen molar-refractivity contribution in [1.29, 1.82) is 5.26 Å². The van der Waals surface area contributed by atoms with Gasteiger partial charge in [0.05, 0.1) is 18.6 Å². The summed E-state index contributed by atoms with van der Waals surface area (Å²) in [5.74, 6) is -0.686. The Bertz CT molecular complexity index is 437. The Balaban J connectivity index is 3.35. The maximum Gasteiger partial charge on any atom is 0.179 e. The van der Waals surface area contributed by atoms with Crippen LogP contribution in [0.25, 0.3) is 0 Å². The number of phenols is 1. The average molecular weight is 226 g/mol. The van der Waals surface area contributed by atoms with E-state index in [0.29, 0.717) is 0 Å². The molecule has 0 fully saturated rings. The van der Waals surface area contributed by atoms with Crippen molar-refractivity contribution in [3.8, 4) is 17.6 Å². The fourth-order valence-electron chi connectivity index (χ4n) is 1.13. The maximum atomic E-state index is 11.3. The summed E-state index contributed by atoms with van der Waals surface area (Å²) in [5, 5.41) is 18.2. The molecule has 0 unspecified atom stereocenters. The first-order valence-electron chi connectivity index (χ1n) is 4.04. The average Bonchev–Trinajstić information content (AvgIpc) is 2.27. The highest BCUT2D eigenvalue weighted by atomic mass is 35.5. The summed E-state index contributed by atoms with van der Waals surface area (Å²) in [7, 11) is 1.36. The molecule has 0 aliphatic carbocycles. The lowest BCUT2D eigenvalue weighted by atomic mass is 10.0. The molecule has 1 aromatic carbocycles. The van der Waals surface area contributed by atoms with Crippen molar-refractivity contribution in [1.82, 2.24) is 0 Å². The van der Waals surface area contributed by atoms with Crippen LogP contribution in [-0.2, 0) is 0 Å². The number of nitriles is 1. The van der Waals surface area contributed by atoms with Gasteiger partial charge < -0.3 is 9.84 Å². The number of halogens is 1. The molecule has 0 heterocycles. The van der Waals surface area contributed by atoms with Gasteiger partial charge in [-0.3, -0.25) is 4.79 Å². The van der Waals surface area contributed by atoms with Crippen molar-refractivity contribution in [3.05, 3.63) is 23.3 Å². The highest BCUT2D eigenvalue weighted by Crippen LogP contribution is 2.29. The summed E-state index contributed by atoms with van der Waals surface area (Å²) in [6.07, 6.45) is 0. The van der Waals surface area contributed by atoms with Gasteiger partial charge in [-0.2, -0.15) is 5.26 Å². The fraction of sp³-hybridized carbons (Fsp3) is 0.200. The van der Waals surface area contributed by atoms with Crippen LogP contribution in [-0.4, -0.2) is 23.9 Å². The topological polar surface area (TPSA) is 70.3 Å². The maximum absolute atomic E-state index is 11.3. The predicted octanol–water partition coefficient (Wildman–Crippen LogP) is 1.69. The summed E-state index contributed by atoms with van der Waals surface area (Å²) in [4.78, 5) is 11.3. The van der Waals surface area contributed by atoms with E-state index in [9.17, 15) is 9.90 Å². The number of aromatic hydroxyl groups is 1. The summed E-state index contributed by atoms with van der Waals surface area (Å²) in [6, 6.07) is 4.33. The van der Waals surface area contributed by atoms with Gasteiger partial charge in [0.2, 0.25) is 0 Å². The van der Waals surface area contributed by atoms with Gasteiger partial charge in [-0.05, 0) is 6.07 Å². The number of hydrogen-bond donors (Lipinski definition) is 1. The van der Waals surface area contributed by atoms with Crippen molar-refractivity contribution in [2.45, 2.75) is 0 Å². The van der Waals surface area contributed by atoms with E-state index in [1.54, 1.807) is 0 Å². The number of alkyl halides is 1. The lowest BCUT2D eigenvalue weighted by molar-refractivity contribution is 0.102. The molecule has 1 N–H and O–H groups in total. The first-order valence-corrected chi connectivity index (χ1v) is 4.57. The highest BCUT2D eigenvalue weighted by molar-refractivity contribution is 6.30. The van der Waals surface area contributed by atoms with Gasteiger partial charge in [0.15, 0.2) is 17.3 Å². The van der Waals surface area contributed by atoms with E-state index in [4.69, 9.17) is 21.6 Å². The number of carbonyl (C=O) groups is 1. The number of Topliss-reactive ketones (excluding diaryl/α,β-unsaturated/α-hetero) is 1. The summed E-state index contributed by atoms with van der Waals surface area (Å²) < 4.78 is 4.81. The molecule has 5 heteroatoms. The molecular formula is C10H8ClNO3. The second-order valence-corrected chi connectivity index (χ2v) is 3.01. The Kier molecular flexibility index (Phi) is 3.53. The van der Waals surface area contributed by atoms with E-state index in [-0.39, 0.29) is 28.5 Å². The Hall–Kier alpha value is -1.73. The van der Waals surface area contributed by atoms with Crippen molar-refractivity contribution >= 4 is 17.4 Å². The number of methoxy groups -OCH3 is 1. The Morgan fingerprint density at radius 3 is 2.80 bits per heavy atom. The van der Waals surface area contributed by atoms with Crippen LogP contribution >= 0.6 is 11.6 Å². The van der Waals surface area contributed by atoms with Crippen LogP contribution in [0.15, 0.2) is 12.1 Å². The molecule has 15 heavy (non-hydrogen) atoms. The molecule has 4 nitrogen and oxygen atoms in total. The molecule has 0 spiro atoms. The van der Waals surface area contributed by atoms with Crippen LogP contribution in [0.1, 0.15) is 15.9 Å². The van der Waals surface area contributed by atoms with E-state index in [1.165, 1.54) is 19.2 Å². The monoisotopic (exact) mass is 225 g/mol. The fourth-order valence-corrected chi connectivity index (χ4v) is 1.27. The second kappa shape index (κ2) is 4.67. The summed E-state index contributed by atoms with van der Waals surface area (Å²) in [5.41, 5.74) is 0.237. The third-order valence-electron chi connectivity index (χ3n) is 1.86. The largest absolute Gasteiger partial charge is 0.504 e. The zero-order valence-electron chi connectivity index (χ0n) is 7.95. The zero-order valence-corrected chi connectivity index (χ0v) is 8.71. The lowest BCUT2D eigenvalue weighted by Gasteiger charge is -2.06. The van der Waals surface area contributed by atoms with Gasteiger partial charge in [0, 0.05) is 11.6 Å². The molecule has 1 rings (SSSR count). The number of hydrogen-bond acceptors (Lipinski definition) is 4. The molecule has 0 bridgehead atoms. The van der Waals surface area contributed by atoms with E-state index in [2.05, 4.69) is 0 Å². The van der Waals surface area contributed by atoms with E-state index < -0.39 is 5.78 Å². The van der Waals surface area contributed by atoms with Crippen LogP contribution in [0.2, 0.25) is 0 Å². The van der Waals surface area contributed by atoms with Crippen LogP contribution in [0.3, 0.4) is 0 Å². The summed E-state index contributed by atoms with van der Waals surface area (Å²) >= 11 is 5.37. The van der Waals surface area contributed by atoms with E-state index in [1.807, 2.05) is 6.07 Å². The number of nitrogens with zero attached hydrogens (tertiary/aromatic N) is 1. The minimum absolute atomic E-state index is 0.103. The predicted molar refractivity (Wildman–Crippen MR) is 54.4 cm³/mol. The molecule has 0 amide bonds. The number of ketones is 1. The Labute approximate surface area is 91.7 Å². The van der Waals surface area contributed by atoms with Gasteiger partial charge in [-0.25, -0.2) is 0 Å². The first kappa shape index (κ1) is 11.3. The minimum Gasteiger partial charge on any atom is -0.504 e. The molecule has 1 aromatic rings. The number of rotatable bonds is 3. The van der Waals surface area contributed by atoms with Gasteiger partial charge in [-0.1, -0.05) is 0 Å². The van der Waals surface area contributed by atoms with Crippen molar-refractivity contribution in [3.63, 3.8) is 0 Å². The number of ether oxygens (including phenoxy) is 1. The van der Waals surface area contributed by atoms with Crippen molar-refractivity contribution in [2.75, 3.05) is 13.0 Å². The molecule has 0 saturated carbocycles. The molecule has 0 radical (unpaired) electrons. The third-order valence-corrected chi connectivity index (χ3v) is 2.10. The molecule has 0 aromatic heterocycles. The van der Waals surface area contributed by atoms with E-state index >= 15 is 0 Å². The SMILES string of the molecule is COc1cc(C#N)c(C(=O)CCl)cc1O. The molecule has 0 aliphatic rings. The first-order chi connectivity index (χ1) is 7.13. The van der Waals surface area contributed by atoms with Crippen molar-refractivity contribution in [2.24, 2.45) is 0 Å². The van der Waals surface area contributed by atoms with Gasteiger partial charge >= 0.3 is 0 Å². The van der Waals surface area contributed by atoms with Crippen molar-refractivity contribution < 1.29 is 14.6 Å². The Morgan fingerprint density at radius 2 is 2.33 bits per heavy atom. The van der Waals surface area contributed by atoms with Crippen LogP contribution in [0.5, 0.6) is 11.5 Å². The standard InChI is InChI=1S/C10H8ClNO3/c1-15-10-2-6(5-12)7(3-8(10)13)9(14)4-11/h2-3,13H,4H2,1H3. The molecule has 0 atom stereocenters. The third kappa shape index (κ3) is 2.20. The Morgan fingerprint density at radius 1 is 1.67 bits per heavy atom. The van der Waals surface area contributed by atoms with Gasteiger partial charge in [-0.15, -0.1) is 11.6 Å². The number of benzene rings is 1.